The van der Waals surface area contributed by atoms with Crippen molar-refractivity contribution in [2.45, 2.75) is 0 Å². The third-order valence-electron chi connectivity index (χ3n) is 8.75. The van der Waals surface area contributed by atoms with Crippen LogP contribution in [0.2, 0.25) is 0 Å². The highest BCUT2D eigenvalue weighted by atomic mass is 16.3. The Morgan fingerprint density at radius 1 is 0.319 bits per heavy atom. The van der Waals surface area contributed by atoms with E-state index in [1.807, 2.05) is 36.4 Å². The van der Waals surface area contributed by atoms with Crippen LogP contribution in [0.1, 0.15) is 0 Å². The number of aromatic nitrogens is 3. The first kappa shape index (κ1) is 27.0. The molecule has 4 heteroatoms. The van der Waals surface area contributed by atoms with Crippen LogP contribution in [0.15, 0.2) is 168 Å². The standard InChI is InChI=1S/C43H27N3O/c1-3-10-28(11-4-1)30-18-20-31(21-19-30)41-44-42(34-23-25-37-36-15-7-8-17-39(36)47-40(37)27-34)46-43(45-41)38-16-9-14-33-26-32(22-24-35(33)38)29-12-5-2-6-13-29/h1-27H. The Morgan fingerprint density at radius 3 is 1.66 bits per heavy atom. The van der Waals surface area contributed by atoms with Crippen LogP contribution in [0.5, 0.6) is 0 Å². The van der Waals surface area contributed by atoms with Crippen molar-refractivity contribution in [1.29, 1.82) is 0 Å². The number of hydrogen-bond acceptors (Lipinski definition) is 4. The summed E-state index contributed by atoms with van der Waals surface area (Å²) in [7, 11) is 0. The fourth-order valence-corrected chi connectivity index (χ4v) is 6.35. The van der Waals surface area contributed by atoms with Gasteiger partial charge in [0.2, 0.25) is 0 Å². The average molecular weight is 602 g/mol. The number of para-hydroxylation sites is 1. The number of hydrogen-bond donors (Lipinski definition) is 0. The molecular weight excluding hydrogens is 574 g/mol. The maximum atomic E-state index is 6.23. The predicted molar refractivity (Wildman–Crippen MR) is 192 cm³/mol. The molecule has 0 fully saturated rings. The van der Waals surface area contributed by atoms with Gasteiger partial charge >= 0.3 is 0 Å². The Balaban J connectivity index is 1.21. The molecule has 0 unspecified atom stereocenters. The topological polar surface area (TPSA) is 51.8 Å². The van der Waals surface area contributed by atoms with Gasteiger partial charge in [0.15, 0.2) is 17.5 Å². The number of nitrogens with zero attached hydrogens (tertiary/aromatic N) is 3. The van der Waals surface area contributed by atoms with Gasteiger partial charge in [0, 0.05) is 27.5 Å². The minimum atomic E-state index is 0.595. The maximum absolute atomic E-state index is 6.23. The number of rotatable bonds is 5. The van der Waals surface area contributed by atoms with E-state index in [1.165, 1.54) is 16.7 Å². The Morgan fingerprint density at radius 2 is 0.872 bits per heavy atom. The molecule has 0 amide bonds. The van der Waals surface area contributed by atoms with E-state index in [9.17, 15) is 0 Å². The van der Waals surface area contributed by atoms with Crippen molar-refractivity contribution in [2.24, 2.45) is 0 Å². The van der Waals surface area contributed by atoms with E-state index in [-0.39, 0.29) is 0 Å². The van der Waals surface area contributed by atoms with Crippen LogP contribution in [0.4, 0.5) is 0 Å². The van der Waals surface area contributed by atoms with Gasteiger partial charge in [0.25, 0.3) is 0 Å². The molecule has 220 valence electrons. The van der Waals surface area contributed by atoms with Gasteiger partial charge < -0.3 is 4.42 Å². The third kappa shape index (κ3) is 4.93. The first-order chi connectivity index (χ1) is 23.3. The molecule has 0 aliphatic heterocycles. The molecule has 7 aromatic carbocycles. The van der Waals surface area contributed by atoms with E-state index < -0.39 is 0 Å². The number of furan rings is 1. The fraction of sp³-hybridized carbons (Fsp3) is 0. The van der Waals surface area contributed by atoms with Gasteiger partial charge in [-0.1, -0.05) is 140 Å². The van der Waals surface area contributed by atoms with Gasteiger partial charge in [-0.15, -0.1) is 0 Å². The molecule has 0 N–H and O–H groups in total. The second kappa shape index (κ2) is 11.2. The fourth-order valence-electron chi connectivity index (χ4n) is 6.35. The molecule has 47 heavy (non-hydrogen) atoms. The van der Waals surface area contributed by atoms with Gasteiger partial charge in [-0.25, -0.2) is 15.0 Å². The lowest BCUT2D eigenvalue weighted by molar-refractivity contribution is 0.669. The van der Waals surface area contributed by atoms with Gasteiger partial charge in [-0.05, 0) is 57.3 Å². The van der Waals surface area contributed by atoms with E-state index in [0.717, 1.165) is 55.0 Å². The molecule has 4 nitrogen and oxygen atoms in total. The predicted octanol–water partition coefficient (Wildman–Crippen LogP) is 11.3. The maximum Gasteiger partial charge on any atom is 0.164 e. The molecule has 9 aromatic rings. The third-order valence-corrected chi connectivity index (χ3v) is 8.75. The smallest absolute Gasteiger partial charge is 0.164 e. The molecule has 9 rings (SSSR count). The summed E-state index contributed by atoms with van der Waals surface area (Å²) in [6, 6.07) is 56.4. The quantitative estimate of drug-likeness (QED) is 0.197. The molecule has 0 saturated heterocycles. The van der Waals surface area contributed by atoms with Gasteiger partial charge in [-0.3, -0.25) is 0 Å². The Labute approximate surface area is 271 Å². The largest absolute Gasteiger partial charge is 0.456 e. The van der Waals surface area contributed by atoms with E-state index in [1.54, 1.807) is 0 Å². The zero-order chi connectivity index (χ0) is 31.2. The number of benzene rings is 7. The first-order valence-electron chi connectivity index (χ1n) is 15.7. The molecule has 0 spiro atoms. The highest BCUT2D eigenvalue weighted by molar-refractivity contribution is 6.05. The van der Waals surface area contributed by atoms with Crippen molar-refractivity contribution >= 4 is 32.7 Å². The van der Waals surface area contributed by atoms with Crippen molar-refractivity contribution in [3.63, 3.8) is 0 Å². The molecule has 0 atom stereocenters. The minimum absolute atomic E-state index is 0.595. The van der Waals surface area contributed by atoms with Crippen LogP contribution in [0, 0.1) is 0 Å². The van der Waals surface area contributed by atoms with Crippen LogP contribution >= 0.6 is 0 Å². The van der Waals surface area contributed by atoms with Gasteiger partial charge in [-0.2, -0.15) is 0 Å². The molecular formula is C43H27N3O. The van der Waals surface area contributed by atoms with Crippen molar-refractivity contribution < 1.29 is 4.42 Å². The molecule has 0 aliphatic carbocycles. The van der Waals surface area contributed by atoms with Gasteiger partial charge in [0.05, 0.1) is 0 Å². The molecule has 2 aromatic heterocycles. The summed E-state index contributed by atoms with van der Waals surface area (Å²) in [6.07, 6.45) is 0. The summed E-state index contributed by atoms with van der Waals surface area (Å²) in [5, 5.41) is 4.37. The molecule has 2 heterocycles. The lowest BCUT2D eigenvalue weighted by Crippen LogP contribution is -2.00. The minimum Gasteiger partial charge on any atom is -0.456 e. The molecule has 0 bridgehead atoms. The van der Waals surface area contributed by atoms with Crippen LogP contribution in [-0.4, -0.2) is 15.0 Å². The second-order valence-corrected chi connectivity index (χ2v) is 11.7. The second-order valence-electron chi connectivity index (χ2n) is 11.7. The highest BCUT2D eigenvalue weighted by Crippen LogP contribution is 2.35. The van der Waals surface area contributed by atoms with Crippen molar-refractivity contribution in [1.82, 2.24) is 15.0 Å². The SMILES string of the molecule is c1ccc(-c2ccc(-c3nc(-c4ccc5c(c4)oc4ccccc45)nc(-c4cccc5cc(-c6ccccc6)ccc45)n3)cc2)cc1. The van der Waals surface area contributed by atoms with Crippen LogP contribution in [0.25, 0.3) is 89.1 Å². The molecule has 0 saturated carbocycles. The Hall–Kier alpha value is -6.39. The number of fused-ring (bicyclic) bond motifs is 4. The Bertz CT molecular complexity index is 2550. The molecule has 0 radical (unpaired) electrons. The van der Waals surface area contributed by atoms with E-state index >= 15 is 0 Å². The van der Waals surface area contributed by atoms with E-state index in [0.29, 0.717) is 17.5 Å². The highest BCUT2D eigenvalue weighted by Gasteiger charge is 2.16. The van der Waals surface area contributed by atoms with E-state index in [4.69, 9.17) is 19.4 Å². The summed E-state index contributed by atoms with van der Waals surface area (Å²) in [5.74, 6) is 1.84. The lowest BCUT2D eigenvalue weighted by Gasteiger charge is -2.12. The lowest BCUT2D eigenvalue weighted by atomic mass is 9.98. The van der Waals surface area contributed by atoms with Crippen molar-refractivity contribution in [2.75, 3.05) is 0 Å². The average Bonchev–Trinajstić information content (AvgIpc) is 3.53. The summed E-state index contributed by atoms with van der Waals surface area (Å²) < 4.78 is 6.23. The van der Waals surface area contributed by atoms with Crippen molar-refractivity contribution in [3.8, 4) is 56.4 Å². The van der Waals surface area contributed by atoms with Gasteiger partial charge in [0.1, 0.15) is 11.2 Å². The Kier molecular flexibility index (Phi) is 6.43. The molecule has 0 aliphatic rings. The zero-order valence-corrected chi connectivity index (χ0v) is 25.3. The van der Waals surface area contributed by atoms with Crippen LogP contribution < -0.4 is 0 Å². The summed E-state index contributed by atoms with van der Waals surface area (Å²) >= 11 is 0. The van der Waals surface area contributed by atoms with E-state index in [2.05, 4.69) is 127 Å². The van der Waals surface area contributed by atoms with Crippen LogP contribution in [0.3, 0.4) is 0 Å². The van der Waals surface area contributed by atoms with Crippen LogP contribution in [-0.2, 0) is 0 Å². The van der Waals surface area contributed by atoms with Crippen molar-refractivity contribution in [3.05, 3.63) is 164 Å². The first-order valence-corrected chi connectivity index (χ1v) is 15.7. The normalized spacial score (nSPS) is 11.4. The monoisotopic (exact) mass is 601 g/mol. The zero-order valence-electron chi connectivity index (χ0n) is 25.3. The summed E-state index contributed by atoms with van der Waals surface area (Å²) in [5.41, 5.74) is 9.08. The summed E-state index contributed by atoms with van der Waals surface area (Å²) in [4.78, 5) is 15.2. The summed E-state index contributed by atoms with van der Waals surface area (Å²) in [6.45, 7) is 0.